The van der Waals surface area contributed by atoms with Crippen molar-refractivity contribution in [2.45, 2.75) is 33.2 Å². The number of hydrogen-bond donors (Lipinski definition) is 0. The van der Waals surface area contributed by atoms with Crippen LogP contribution in [0.5, 0.6) is 5.75 Å². The quantitative estimate of drug-likeness (QED) is 0.755. The van der Waals surface area contributed by atoms with Crippen LogP contribution in [0.2, 0.25) is 0 Å². The van der Waals surface area contributed by atoms with Crippen molar-refractivity contribution < 1.29 is 18.3 Å². The van der Waals surface area contributed by atoms with Crippen molar-refractivity contribution in [3.8, 4) is 5.75 Å². The first-order chi connectivity index (χ1) is 11.7. The third-order valence-corrected chi connectivity index (χ3v) is 5.84. The van der Waals surface area contributed by atoms with Gasteiger partial charge in [0, 0.05) is 31.3 Å². The van der Waals surface area contributed by atoms with Crippen molar-refractivity contribution in [2.75, 3.05) is 13.2 Å². The van der Waals surface area contributed by atoms with Gasteiger partial charge in [-0.05, 0) is 31.2 Å². The summed E-state index contributed by atoms with van der Waals surface area (Å²) in [6.45, 7) is 7.71. The minimum atomic E-state index is -1.45. The van der Waals surface area contributed by atoms with Gasteiger partial charge in [-0.15, -0.1) is 0 Å². The zero-order chi connectivity index (χ0) is 17.0. The molecule has 0 fully saturated rings. The molecule has 0 saturated heterocycles. The lowest BCUT2D eigenvalue weighted by Gasteiger charge is -2.36. The van der Waals surface area contributed by atoms with Crippen LogP contribution in [0.1, 0.15) is 31.9 Å². The van der Waals surface area contributed by atoms with E-state index in [9.17, 15) is 0 Å². The minimum absolute atomic E-state index is 0.502. The van der Waals surface area contributed by atoms with E-state index in [0.29, 0.717) is 19.8 Å². The normalized spacial score (nSPS) is 19.8. The van der Waals surface area contributed by atoms with Gasteiger partial charge in [0.1, 0.15) is 5.75 Å². The molecule has 0 saturated carbocycles. The fourth-order valence-electron chi connectivity index (χ4n) is 2.73. The van der Waals surface area contributed by atoms with Gasteiger partial charge < -0.3 is 18.3 Å². The molecule has 0 bridgehead atoms. The summed E-state index contributed by atoms with van der Waals surface area (Å²) in [6, 6.07) is 16.1. The summed E-state index contributed by atoms with van der Waals surface area (Å²) in [6.07, 6.45) is 0. The number of hydrogen-bond acceptors (Lipinski definition) is 4. The van der Waals surface area contributed by atoms with Gasteiger partial charge in [-0.25, -0.2) is 0 Å². The first-order valence-corrected chi connectivity index (χ1v) is 9.62. The molecule has 1 radical (unpaired) electrons. The number of rotatable bonds is 6. The Hall–Kier alpha value is -1.66. The molecular weight excluding hydrogens is 320 g/mol. The van der Waals surface area contributed by atoms with E-state index in [-0.39, 0.29) is 0 Å². The van der Waals surface area contributed by atoms with E-state index in [1.165, 1.54) is 0 Å². The second-order valence-electron chi connectivity index (χ2n) is 5.68. The molecule has 4 nitrogen and oxygen atoms in total. The molecule has 2 aromatic rings. The van der Waals surface area contributed by atoms with Crippen molar-refractivity contribution in [1.82, 2.24) is 0 Å². The Bertz CT molecular complexity index is 670. The van der Waals surface area contributed by atoms with Crippen LogP contribution >= 0.6 is 0 Å². The van der Waals surface area contributed by atoms with Gasteiger partial charge in [0.25, 0.3) is 0 Å². The molecule has 1 aliphatic heterocycles. The van der Waals surface area contributed by atoms with Crippen molar-refractivity contribution in [1.29, 1.82) is 0 Å². The zero-order valence-corrected chi connectivity index (χ0v) is 15.4. The van der Waals surface area contributed by atoms with E-state index >= 15 is 0 Å². The molecule has 1 aliphatic rings. The maximum Gasteiger partial charge on any atom is 0.423 e. The summed E-state index contributed by atoms with van der Waals surface area (Å²) in [5.74, 6) is 0.0920. The SMILES string of the molecule is CCO[Si](OCC)c1ccc2c(c1)COC(C)(c1ccccc1)O2. The van der Waals surface area contributed by atoms with Crippen molar-refractivity contribution in [3.63, 3.8) is 0 Å². The minimum Gasteiger partial charge on any atom is -0.458 e. The predicted molar refractivity (Wildman–Crippen MR) is 94.3 cm³/mol. The predicted octanol–water partition coefficient (Wildman–Crippen LogP) is 3.24. The second kappa shape index (κ2) is 7.48. The molecule has 0 aliphatic carbocycles. The van der Waals surface area contributed by atoms with Crippen LogP contribution in [0, 0.1) is 0 Å². The summed E-state index contributed by atoms with van der Waals surface area (Å²) >= 11 is 0. The van der Waals surface area contributed by atoms with Crippen LogP contribution in [0.3, 0.4) is 0 Å². The molecular formula is C19H23O4Si. The van der Waals surface area contributed by atoms with E-state index in [4.69, 9.17) is 18.3 Å². The van der Waals surface area contributed by atoms with Gasteiger partial charge in [0.2, 0.25) is 5.79 Å². The average molecular weight is 343 g/mol. The van der Waals surface area contributed by atoms with Gasteiger partial charge in [0.05, 0.1) is 6.61 Å². The zero-order valence-electron chi connectivity index (χ0n) is 14.4. The lowest BCUT2D eigenvalue weighted by Crippen LogP contribution is -2.39. The Labute approximate surface area is 145 Å². The van der Waals surface area contributed by atoms with Crippen LogP contribution in [-0.4, -0.2) is 22.5 Å². The number of ether oxygens (including phenoxy) is 2. The Kier molecular flexibility index (Phi) is 5.35. The van der Waals surface area contributed by atoms with Crippen LogP contribution in [0.15, 0.2) is 48.5 Å². The standard InChI is InChI=1S/C19H23O4Si/c1-4-21-24(22-5-2)17-11-12-18-15(13-17)14-20-19(3,23-18)16-9-7-6-8-10-16/h6-13H,4-5,14H2,1-3H3. The molecule has 1 atom stereocenters. The van der Waals surface area contributed by atoms with Crippen LogP contribution in [0.4, 0.5) is 0 Å². The van der Waals surface area contributed by atoms with E-state index in [1.54, 1.807) is 0 Å². The molecule has 3 rings (SSSR count). The summed E-state index contributed by atoms with van der Waals surface area (Å²) in [5, 5.41) is 1.08. The van der Waals surface area contributed by atoms with Gasteiger partial charge in [0.15, 0.2) is 0 Å². The van der Waals surface area contributed by atoms with Gasteiger partial charge in [-0.2, -0.15) is 0 Å². The molecule has 1 unspecified atom stereocenters. The molecule has 24 heavy (non-hydrogen) atoms. The summed E-state index contributed by atoms with van der Waals surface area (Å²) in [5.41, 5.74) is 2.04. The Balaban J connectivity index is 1.84. The highest BCUT2D eigenvalue weighted by Crippen LogP contribution is 2.36. The van der Waals surface area contributed by atoms with Crippen LogP contribution < -0.4 is 9.92 Å². The van der Waals surface area contributed by atoms with Gasteiger partial charge >= 0.3 is 9.28 Å². The summed E-state index contributed by atoms with van der Waals surface area (Å²) in [4.78, 5) is 0. The molecule has 1 heterocycles. The maximum absolute atomic E-state index is 6.17. The van der Waals surface area contributed by atoms with E-state index in [2.05, 4.69) is 6.07 Å². The van der Waals surface area contributed by atoms with Crippen molar-refractivity contribution >= 4 is 14.5 Å². The smallest absolute Gasteiger partial charge is 0.423 e. The highest BCUT2D eigenvalue weighted by atomic mass is 28.3. The highest BCUT2D eigenvalue weighted by molar-refractivity contribution is 6.61. The number of fused-ring (bicyclic) bond motifs is 1. The second-order valence-corrected chi connectivity index (χ2v) is 7.41. The molecule has 0 N–H and O–H groups in total. The fourth-order valence-corrected chi connectivity index (χ4v) is 4.18. The van der Waals surface area contributed by atoms with Crippen molar-refractivity contribution in [2.24, 2.45) is 0 Å². The average Bonchev–Trinajstić information content (AvgIpc) is 2.62. The molecule has 5 heteroatoms. The lowest BCUT2D eigenvalue weighted by atomic mass is 10.1. The topological polar surface area (TPSA) is 36.9 Å². The Morgan fingerprint density at radius 1 is 1.04 bits per heavy atom. The molecule has 2 aromatic carbocycles. The van der Waals surface area contributed by atoms with Gasteiger partial charge in [-0.1, -0.05) is 36.4 Å². The van der Waals surface area contributed by atoms with Gasteiger partial charge in [-0.3, -0.25) is 0 Å². The molecule has 0 amide bonds. The largest absolute Gasteiger partial charge is 0.458 e. The fraction of sp³-hybridized carbons (Fsp3) is 0.368. The molecule has 127 valence electrons. The molecule has 0 aromatic heterocycles. The van der Waals surface area contributed by atoms with E-state index < -0.39 is 15.1 Å². The first-order valence-electron chi connectivity index (χ1n) is 8.30. The highest BCUT2D eigenvalue weighted by Gasteiger charge is 2.35. The lowest BCUT2D eigenvalue weighted by molar-refractivity contribution is -0.201. The van der Waals surface area contributed by atoms with Crippen LogP contribution in [-0.2, 0) is 26.0 Å². The van der Waals surface area contributed by atoms with Crippen molar-refractivity contribution in [3.05, 3.63) is 59.7 Å². The maximum atomic E-state index is 6.17. The first kappa shape index (κ1) is 17.2. The monoisotopic (exact) mass is 343 g/mol. The molecule has 0 spiro atoms. The Morgan fingerprint density at radius 3 is 2.42 bits per heavy atom. The number of benzene rings is 2. The van der Waals surface area contributed by atoms with E-state index in [0.717, 1.165) is 22.1 Å². The third-order valence-electron chi connectivity index (χ3n) is 3.95. The Morgan fingerprint density at radius 2 is 1.75 bits per heavy atom. The van der Waals surface area contributed by atoms with E-state index in [1.807, 2.05) is 63.2 Å². The van der Waals surface area contributed by atoms with Crippen LogP contribution in [0.25, 0.3) is 0 Å². The summed E-state index contributed by atoms with van der Waals surface area (Å²) < 4.78 is 23.7. The third kappa shape index (κ3) is 3.54. The summed E-state index contributed by atoms with van der Waals surface area (Å²) in [7, 11) is -1.45.